The number of hydrogen-bond acceptors (Lipinski definition) is 10. The first-order valence-corrected chi connectivity index (χ1v) is 12.4. The number of halogens is 1. The number of anilines is 2. The molecule has 4 rings (SSSR count). The Morgan fingerprint density at radius 1 is 1.20 bits per heavy atom. The highest BCUT2D eigenvalue weighted by Crippen LogP contribution is 2.21. The summed E-state index contributed by atoms with van der Waals surface area (Å²) in [6, 6.07) is 12.8. The molecule has 1 aromatic heterocycles. The maximum Gasteiger partial charge on any atom is 0.202 e. The Morgan fingerprint density at radius 2 is 1.89 bits per heavy atom. The van der Waals surface area contributed by atoms with Gasteiger partial charge in [-0.3, -0.25) is 15.5 Å². The van der Waals surface area contributed by atoms with Crippen molar-refractivity contribution in [3.8, 4) is 6.07 Å². The van der Waals surface area contributed by atoms with Gasteiger partial charge in [0.2, 0.25) is 5.82 Å². The molecule has 35 heavy (non-hydrogen) atoms. The van der Waals surface area contributed by atoms with Crippen LogP contribution in [0.3, 0.4) is 0 Å². The summed E-state index contributed by atoms with van der Waals surface area (Å²) in [5.41, 5.74) is 1.62. The van der Waals surface area contributed by atoms with Crippen molar-refractivity contribution in [2.45, 2.75) is 13.1 Å². The molecule has 3 N–H and O–H groups in total. The fourth-order valence-corrected chi connectivity index (χ4v) is 4.81. The van der Waals surface area contributed by atoms with Crippen molar-refractivity contribution in [3.63, 3.8) is 0 Å². The van der Waals surface area contributed by atoms with Crippen LogP contribution < -0.4 is 10.4 Å². The molecule has 1 aliphatic heterocycles. The Hall–Kier alpha value is -3.86. The van der Waals surface area contributed by atoms with Crippen LogP contribution in [0.4, 0.5) is 15.9 Å². The topological polar surface area (TPSA) is 159 Å². The van der Waals surface area contributed by atoms with Gasteiger partial charge in [-0.25, -0.2) is 22.5 Å². The second kappa shape index (κ2) is 10.2. The van der Waals surface area contributed by atoms with Crippen molar-refractivity contribution in [1.82, 2.24) is 15.2 Å². The molecule has 0 atom stereocenters. The molecule has 0 amide bonds. The minimum atomic E-state index is -2.91. The summed E-state index contributed by atoms with van der Waals surface area (Å²) in [4.78, 5) is 2.11. The molecule has 11 nitrogen and oxygen atoms in total. The molecule has 3 aromatic rings. The summed E-state index contributed by atoms with van der Waals surface area (Å²) in [7, 11) is -2.91. The highest BCUT2D eigenvalue weighted by atomic mass is 32.2. The highest BCUT2D eigenvalue weighted by Gasteiger charge is 2.23. The summed E-state index contributed by atoms with van der Waals surface area (Å²) in [6.45, 7) is 2.05. The van der Waals surface area contributed by atoms with Gasteiger partial charge in [0.05, 0.1) is 22.8 Å². The van der Waals surface area contributed by atoms with E-state index in [2.05, 4.69) is 20.5 Å². The fraction of sp³-hybridized carbons (Fsp3) is 0.273. The number of nitriles is 1. The lowest BCUT2D eigenvalue weighted by atomic mass is 10.1. The monoisotopic (exact) mass is 499 g/mol. The largest absolute Gasteiger partial charge is 0.361 e. The van der Waals surface area contributed by atoms with Gasteiger partial charge in [0.15, 0.2) is 21.4 Å². The third-order valence-corrected chi connectivity index (χ3v) is 7.17. The van der Waals surface area contributed by atoms with E-state index >= 15 is 0 Å². The minimum Gasteiger partial charge on any atom is -0.361 e. The SMILES string of the molecule is N#Cc1cc(N(O)C(=N)c2nonc2NCc2ccc(CN3CCS(=O)(=O)CC3)cc2)ccc1F. The van der Waals surface area contributed by atoms with E-state index in [9.17, 15) is 18.0 Å². The molecule has 0 unspecified atom stereocenters. The van der Waals surface area contributed by atoms with E-state index in [4.69, 9.17) is 15.3 Å². The van der Waals surface area contributed by atoms with Crippen molar-refractivity contribution in [1.29, 1.82) is 10.7 Å². The van der Waals surface area contributed by atoms with Gasteiger partial charge in [-0.2, -0.15) is 5.26 Å². The second-order valence-electron chi connectivity index (χ2n) is 8.00. The number of hydroxylamine groups is 1. The molecule has 2 aromatic carbocycles. The van der Waals surface area contributed by atoms with Crippen LogP contribution in [0.25, 0.3) is 0 Å². The number of aromatic nitrogens is 2. The van der Waals surface area contributed by atoms with Gasteiger partial charge in [0.1, 0.15) is 11.9 Å². The summed E-state index contributed by atoms with van der Waals surface area (Å²) in [5, 5.41) is 38.4. The van der Waals surface area contributed by atoms with Gasteiger partial charge in [0.25, 0.3) is 0 Å². The molecule has 0 saturated carbocycles. The smallest absolute Gasteiger partial charge is 0.202 e. The summed E-state index contributed by atoms with van der Waals surface area (Å²) < 4.78 is 41.4. The van der Waals surface area contributed by atoms with Gasteiger partial charge in [-0.15, -0.1) is 0 Å². The van der Waals surface area contributed by atoms with E-state index in [1.807, 2.05) is 24.3 Å². The third-order valence-electron chi connectivity index (χ3n) is 5.57. The molecule has 13 heteroatoms. The average molecular weight is 500 g/mol. The lowest BCUT2D eigenvalue weighted by molar-refractivity contribution is 0.287. The number of amidine groups is 1. The summed E-state index contributed by atoms with van der Waals surface area (Å²) in [5.74, 6) is -0.733. The molecule has 0 radical (unpaired) electrons. The molecule has 182 valence electrons. The van der Waals surface area contributed by atoms with E-state index in [0.29, 0.717) is 31.2 Å². The Labute approximate surface area is 200 Å². The average Bonchev–Trinajstić information content (AvgIpc) is 3.33. The van der Waals surface area contributed by atoms with Gasteiger partial charge >= 0.3 is 0 Å². The number of rotatable bonds is 7. The molecule has 1 aliphatic rings. The van der Waals surface area contributed by atoms with Crippen LogP contribution in [-0.4, -0.2) is 59.3 Å². The van der Waals surface area contributed by atoms with Crippen LogP contribution in [0.2, 0.25) is 0 Å². The first-order chi connectivity index (χ1) is 16.8. The first kappa shape index (κ1) is 24.3. The predicted octanol–water partition coefficient (Wildman–Crippen LogP) is 2.14. The molecular weight excluding hydrogens is 477 g/mol. The van der Waals surface area contributed by atoms with Crippen LogP contribution in [0.15, 0.2) is 47.1 Å². The molecule has 0 spiro atoms. The van der Waals surface area contributed by atoms with Crippen LogP contribution in [0.1, 0.15) is 22.4 Å². The summed E-state index contributed by atoms with van der Waals surface area (Å²) >= 11 is 0. The van der Waals surface area contributed by atoms with Crippen LogP contribution in [-0.2, 0) is 22.9 Å². The highest BCUT2D eigenvalue weighted by molar-refractivity contribution is 7.91. The van der Waals surface area contributed by atoms with Crippen molar-refractivity contribution in [2.75, 3.05) is 35.0 Å². The molecule has 1 fully saturated rings. The van der Waals surface area contributed by atoms with Crippen LogP contribution >= 0.6 is 0 Å². The standard InChI is InChI=1S/C22H22FN7O4S/c23-19-6-5-18(11-17(19)12-24)30(31)21(25)20-22(28-34-27-20)26-13-15-1-3-16(4-2-15)14-29-7-9-35(32,33)10-8-29/h1-6,11,25,31H,7-10,13-14H2,(H,26,28). The van der Waals surface area contributed by atoms with Crippen LogP contribution in [0, 0.1) is 22.6 Å². The van der Waals surface area contributed by atoms with Crippen molar-refractivity contribution >= 4 is 27.2 Å². The Morgan fingerprint density at radius 3 is 2.57 bits per heavy atom. The van der Waals surface area contributed by atoms with E-state index in [0.717, 1.165) is 23.3 Å². The number of nitrogens with one attached hydrogen (secondary N) is 2. The van der Waals surface area contributed by atoms with E-state index in [1.165, 1.54) is 6.07 Å². The number of hydrogen-bond donors (Lipinski definition) is 3. The normalized spacial score (nSPS) is 15.3. The zero-order valence-electron chi connectivity index (χ0n) is 18.5. The first-order valence-electron chi connectivity index (χ1n) is 10.6. The Bertz CT molecular complexity index is 1360. The zero-order chi connectivity index (χ0) is 25.0. The Balaban J connectivity index is 1.36. The molecule has 0 aliphatic carbocycles. The minimum absolute atomic E-state index is 0.00351. The maximum atomic E-state index is 13.6. The van der Waals surface area contributed by atoms with Crippen molar-refractivity contribution in [3.05, 3.63) is 70.7 Å². The molecule has 2 heterocycles. The predicted molar refractivity (Wildman–Crippen MR) is 124 cm³/mol. The van der Waals surface area contributed by atoms with E-state index < -0.39 is 21.5 Å². The van der Waals surface area contributed by atoms with Crippen molar-refractivity contribution in [2.24, 2.45) is 0 Å². The quantitative estimate of drug-likeness (QED) is 0.250. The second-order valence-corrected chi connectivity index (χ2v) is 10.3. The molecular formula is C22H22FN7O4S. The van der Waals surface area contributed by atoms with E-state index in [-0.39, 0.29) is 34.3 Å². The van der Waals surface area contributed by atoms with Gasteiger partial charge < -0.3 is 5.32 Å². The maximum absolute atomic E-state index is 13.6. The Kier molecular flexibility index (Phi) is 7.06. The van der Waals surface area contributed by atoms with Crippen LogP contribution in [0.5, 0.6) is 0 Å². The zero-order valence-corrected chi connectivity index (χ0v) is 19.3. The van der Waals surface area contributed by atoms with Gasteiger partial charge in [-0.1, -0.05) is 24.3 Å². The number of nitrogens with zero attached hydrogens (tertiary/aromatic N) is 5. The third kappa shape index (κ3) is 5.80. The fourth-order valence-electron chi connectivity index (χ4n) is 3.53. The van der Waals surface area contributed by atoms with E-state index in [1.54, 1.807) is 6.07 Å². The lowest BCUT2D eigenvalue weighted by Crippen LogP contribution is -2.39. The van der Waals surface area contributed by atoms with Crippen molar-refractivity contribution < 1.29 is 22.6 Å². The molecule has 1 saturated heterocycles. The van der Waals surface area contributed by atoms with Gasteiger partial charge in [-0.05, 0) is 39.6 Å². The lowest BCUT2D eigenvalue weighted by Gasteiger charge is -2.26. The number of sulfone groups is 1. The summed E-state index contributed by atoms with van der Waals surface area (Å²) in [6.07, 6.45) is 0. The number of benzene rings is 2. The van der Waals surface area contributed by atoms with Gasteiger partial charge in [0, 0.05) is 26.2 Å². The molecule has 0 bridgehead atoms.